The zero-order valence-corrected chi connectivity index (χ0v) is 18.7. The van der Waals surface area contributed by atoms with E-state index >= 15 is 0 Å². The Bertz CT molecular complexity index is 923. The molecule has 3 rings (SSSR count). The number of carbonyl (C=O) groups excluding carboxylic acids is 2. The van der Waals surface area contributed by atoms with Crippen LogP contribution in [0.3, 0.4) is 0 Å². The third-order valence-electron chi connectivity index (χ3n) is 5.95. The summed E-state index contributed by atoms with van der Waals surface area (Å²) >= 11 is 0. The quantitative estimate of drug-likeness (QED) is 0.710. The Morgan fingerprint density at radius 2 is 1.91 bits per heavy atom. The van der Waals surface area contributed by atoms with Crippen LogP contribution >= 0.6 is 0 Å². The second kappa shape index (κ2) is 10.7. The highest BCUT2D eigenvalue weighted by molar-refractivity contribution is 5.85. The van der Waals surface area contributed by atoms with Crippen molar-refractivity contribution < 1.29 is 22.9 Å². The molecule has 2 heterocycles. The average molecular weight is 449 g/mol. The molecular weight excluding hydrogens is 418 g/mol. The highest BCUT2D eigenvalue weighted by Gasteiger charge is 2.27. The van der Waals surface area contributed by atoms with Crippen molar-refractivity contribution in [3.63, 3.8) is 0 Å². The van der Waals surface area contributed by atoms with E-state index in [0.717, 1.165) is 35.9 Å². The standard InChI is InChI=1S/C23H30F2N4O3/c1-14-21(15(2)32-28-14)12-26-20-6-4-5-17(9-22(30)29(3)13-20)23(31)27-11-16-7-18(24)10-19(25)8-16/h7-8,10,17,20,26H,4-6,9,11-13H2,1-3H3,(H,27,31)/t17-,20-/m1/s1. The molecule has 0 spiro atoms. The van der Waals surface area contributed by atoms with Gasteiger partial charge in [-0.3, -0.25) is 9.59 Å². The molecule has 32 heavy (non-hydrogen) atoms. The fourth-order valence-electron chi connectivity index (χ4n) is 4.04. The van der Waals surface area contributed by atoms with E-state index < -0.39 is 17.6 Å². The molecule has 0 aliphatic carbocycles. The Balaban J connectivity index is 1.57. The SMILES string of the molecule is Cc1noc(C)c1CN[C@@H]1CCC[C@@H](C(=O)NCc2cc(F)cc(F)c2)CC(=O)N(C)C1. The van der Waals surface area contributed by atoms with Crippen molar-refractivity contribution in [3.8, 4) is 0 Å². The molecule has 2 atom stereocenters. The van der Waals surface area contributed by atoms with Crippen LogP contribution in [0.25, 0.3) is 0 Å². The Hall–Kier alpha value is -2.81. The number of hydrogen-bond donors (Lipinski definition) is 2. The fraction of sp³-hybridized carbons (Fsp3) is 0.522. The molecule has 1 aromatic carbocycles. The van der Waals surface area contributed by atoms with Crippen molar-refractivity contribution in [2.75, 3.05) is 13.6 Å². The van der Waals surface area contributed by atoms with Crippen LogP contribution in [0.5, 0.6) is 0 Å². The van der Waals surface area contributed by atoms with Gasteiger partial charge >= 0.3 is 0 Å². The van der Waals surface area contributed by atoms with Crippen LogP contribution in [0, 0.1) is 31.4 Å². The van der Waals surface area contributed by atoms with Gasteiger partial charge in [-0.05, 0) is 44.4 Å². The molecule has 1 saturated heterocycles. The lowest BCUT2D eigenvalue weighted by Gasteiger charge is -2.24. The van der Waals surface area contributed by atoms with E-state index in [-0.39, 0.29) is 30.8 Å². The Morgan fingerprint density at radius 1 is 1.19 bits per heavy atom. The van der Waals surface area contributed by atoms with E-state index in [1.165, 1.54) is 12.1 Å². The van der Waals surface area contributed by atoms with Crippen LogP contribution in [0.4, 0.5) is 8.78 Å². The Morgan fingerprint density at radius 3 is 2.56 bits per heavy atom. The van der Waals surface area contributed by atoms with Gasteiger partial charge in [0.25, 0.3) is 0 Å². The second-order valence-electron chi connectivity index (χ2n) is 8.48. The summed E-state index contributed by atoms with van der Waals surface area (Å²) < 4.78 is 31.9. The number of aryl methyl sites for hydroxylation is 2. The number of nitrogens with one attached hydrogen (secondary N) is 2. The topological polar surface area (TPSA) is 87.5 Å². The van der Waals surface area contributed by atoms with Crippen molar-refractivity contribution in [1.29, 1.82) is 0 Å². The summed E-state index contributed by atoms with van der Waals surface area (Å²) in [5.41, 5.74) is 2.20. The van der Waals surface area contributed by atoms with Gasteiger partial charge in [0, 0.05) is 56.7 Å². The summed E-state index contributed by atoms with van der Waals surface area (Å²) in [4.78, 5) is 27.0. The van der Waals surface area contributed by atoms with E-state index in [9.17, 15) is 18.4 Å². The first kappa shape index (κ1) is 23.8. The Kier molecular flexibility index (Phi) is 7.95. The predicted molar refractivity (Wildman–Crippen MR) is 114 cm³/mol. The summed E-state index contributed by atoms with van der Waals surface area (Å²) in [6.07, 6.45) is 2.25. The molecule has 0 radical (unpaired) electrons. The minimum Gasteiger partial charge on any atom is -0.361 e. The molecule has 174 valence electrons. The normalized spacial score (nSPS) is 19.9. The molecule has 7 nitrogen and oxygen atoms in total. The van der Waals surface area contributed by atoms with Crippen LogP contribution in [0.15, 0.2) is 22.7 Å². The lowest BCUT2D eigenvalue weighted by Crippen LogP contribution is -2.42. The average Bonchev–Trinajstić information content (AvgIpc) is 3.07. The molecule has 1 aliphatic heterocycles. The number of aromatic nitrogens is 1. The molecular formula is C23H30F2N4O3. The lowest BCUT2D eigenvalue weighted by molar-refractivity contribution is -0.135. The second-order valence-corrected chi connectivity index (χ2v) is 8.48. The van der Waals surface area contributed by atoms with Crippen LogP contribution in [-0.2, 0) is 22.7 Å². The van der Waals surface area contributed by atoms with E-state index in [2.05, 4.69) is 15.8 Å². The van der Waals surface area contributed by atoms with Crippen molar-refractivity contribution in [3.05, 3.63) is 52.4 Å². The van der Waals surface area contributed by atoms with Crippen molar-refractivity contribution in [2.45, 2.75) is 58.7 Å². The minimum absolute atomic E-state index is 0.00958. The van der Waals surface area contributed by atoms with Crippen molar-refractivity contribution in [2.24, 2.45) is 5.92 Å². The van der Waals surface area contributed by atoms with Gasteiger partial charge in [-0.2, -0.15) is 0 Å². The van der Waals surface area contributed by atoms with Gasteiger partial charge in [0.2, 0.25) is 11.8 Å². The number of benzene rings is 1. The maximum Gasteiger partial charge on any atom is 0.223 e. The zero-order valence-electron chi connectivity index (χ0n) is 18.7. The van der Waals surface area contributed by atoms with Gasteiger partial charge in [0.15, 0.2) is 0 Å². The molecule has 2 aromatic rings. The maximum absolute atomic E-state index is 13.4. The number of nitrogens with zero attached hydrogens (tertiary/aromatic N) is 2. The zero-order chi connectivity index (χ0) is 23.3. The molecule has 1 aromatic heterocycles. The summed E-state index contributed by atoms with van der Waals surface area (Å²) in [5, 5.41) is 10.2. The highest BCUT2D eigenvalue weighted by Crippen LogP contribution is 2.20. The monoisotopic (exact) mass is 448 g/mol. The summed E-state index contributed by atoms with van der Waals surface area (Å²) in [7, 11) is 1.74. The van der Waals surface area contributed by atoms with Gasteiger partial charge in [-0.15, -0.1) is 0 Å². The lowest BCUT2D eigenvalue weighted by atomic mass is 9.96. The molecule has 0 bridgehead atoms. The third kappa shape index (κ3) is 6.35. The summed E-state index contributed by atoms with van der Waals surface area (Å²) in [6, 6.07) is 3.23. The number of amides is 2. The molecule has 1 aliphatic rings. The van der Waals surface area contributed by atoms with E-state index in [1.807, 2.05) is 13.8 Å². The molecule has 0 saturated carbocycles. The maximum atomic E-state index is 13.4. The third-order valence-corrected chi connectivity index (χ3v) is 5.95. The van der Waals surface area contributed by atoms with E-state index in [4.69, 9.17) is 4.52 Å². The van der Waals surface area contributed by atoms with Crippen LogP contribution in [-0.4, -0.2) is 41.5 Å². The van der Waals surface area contributed by atoms with Crippen LogP contribution in [0.2, 0.25) is 0 Å². The summed E-state index contributed by atoms with van der Waals surface area (Å²) in [6.45, 7) is 4.92. The molecule has 2 amide bonds. The molecule has 0 unspecified atom stereocenters. The number of carbonyl (C=O) groups is 2. The van der Waals surface area contributed by atoms with E-state index in [1.54, 1.807) is 11.9 Å². The van der Waals surface area contributed by atoms with Gasteiger partial charge in [0.1, 0.15) is 17.4 Å². The molecule has 9 heteroatoms. The Labute approximate surface area is 186 Å². The van der Waals surface area contributed by atoms with Crippen molar-refractivity contribution >= 4 is 11.8 Å². The molecule has 1 fully saturated rings. The van der Waals surface area contributed by atoms with Crippen LogP contribution < -0.4 is 10.6 Å². The fourth-order valence-corrected chi connectivity index (χ4v) is 4.04. The first-order valence-corrected chi connectivity index (χ1v) is 10.8. The largest absolute Gasteiger partial charge is 0.361 e. The number of hydrogen-bond acceptors (Lipinski definition) is 5. The summed E-state index contributed by atoms with van der Waals surface area (Å²) in [5.74, 6) is -1.47. The molecule has 2 N–H and O–H groups in total. The first-order valence-electron chi connectivity index (χ1n) is 10.8. The first-order chi connectivity index (χ1) is 15.2. The van der Waals surface area contributed by atoms with Crippen LogP contribution in [0.1, 0.15) is 48.3 Å². The number of halogens is 2. The van der Waals surface area contributed by atoms with Gasteiger partial charge in [-0.1, -0.05) is 11.6 Å². The van der Waals surface area contributed by atoms with E-state index in [0.29, 0.717) is 25.1 Å². The van der Waals surface area contributed by atoms with Gasteiger partial charge in [-0.25, -0.2) is 8.78 Å². The highest BCUT2D eigenvalue weighted by atomic mass is 19.1. The van der Waals surface area contributed by atoms with Crippen molar-refractivity contribution in [1.82, 2.24) is 20.7 Å². The van der Waals surface area contributed by atoms with Gasteiger partial charge < -0.3 is 20.1 Å². The predicted octanol–water partition coefficient (Wildman–Crippen LogP) is 2.99. The number of rotatable bonds is 6. The van der Waals surface area contributed by atoms with Gasteiger partial charge in [0.05, 0.1) is 5.69 Å². The smallest absolute Gasteiger partial charge is 0.223 e. The number of likely N-dealkylation sites (N-methyl/N-ethyl adjacent to an activating group) is 1. The minimum atomic E-state index is -0.691.